The Morgan fingerprint density at radius 3 is 2.44 bits per heavy atom. The minimum absolute atomic E-state index is 0. The molecule has 1 N–H and O–H groups in total. The largest absolute Gasteiger partial charge is 0.486 e. The lowest BCUT2D eigenvalue weighted by atomic mass is 9.89. The molecule has 0 radical (unpaired) electrons. The lowest BCUT2D eigenvalue weighted by molar-refractivity contribution is 0.171. The Morgan fingerprint density at radius 1 is 1.04 bits per heavy atom. The van der Waals surface area contributed by atoms with Crippen LogP contribution >= 0.6 is 12.4 Å². The fourth-order valence-electron chi connectivity index (χ4n) is 3.97. The second kappa shape index (κ2) is 7.70. The van der Waals surface area contributed by atoms with E-state index in [1.165, 1.54) is 12.8 Å². The molecule has 0 spiro atoms. The van der Waals surface area contributed by atoms with Crippen molar-refractivity contribution in [2.45, 2.75) is 36.6 Å². The van der Waals surface area contributed by atoms with Gasteiger partial charge in [0, 0.05) is 25.2 Å². The molecule has 6 nitrogen and oxygen atoms in total. The molecule has 3 aliphatic heterocycles. The van der Waals surface area contributed by atoms with E-state index in [1.807, 2.05) is 0 Å². The van der Waals surface area contributed by atoms with Crippen LogP contribution in [0.5, 0.6) is 11.5 Å². The van der Waals surface area contributed by atoms with E-state index < -0.39 is 10.0 Å². The molecule has 0 amide bonds. The SMILES string of the molecule is Cl.O=S(=O)(c1ccc2c(c1)OCCO2)N1CCC(C2CCCN2)CC1. The van der Waals surface area contributed by atoms with Crippen LogP contribution in [0.1, 0.15) is 25.7 Å². The summed E-state index contributed by atoms with van der Waals surface area (Å²) in [5.41, 5.74) is 0. The van der Waals surface area contributed by atoms with E-state index in [1.54, 1.807) is 22.5 Å². The van der Waals surface area contributed by atoms with Gasteiger partial charge in [-0.2, -0.15) is 4.31 Å². The van der Waals surface area contributed by atoms with Crippen molar-refractivity contribution in [3.63, 3.8) is 0 Å². The molecule has 3 aliphatic rings. The maximum Gasteiger partial charge on any atom is 0.243 e. The van der Waals surface area contributed by atoms with E-state index in [0.29, 0.717) is 54.7 Å². The molecule has 0 saturated carbocycles. The van der Waals surface area contributed by atoms with Crippen molar-refractivity contribution in [2.75, 3.05) is 32.8 Å². The fourth-order valence-corrected chi connectivity index (χ4v) is 5.45. The summed E-state index contributed by atoms with van der Waals surface area (Å²) in [6, 6.07) is 5.47. The molecule has 8 heteroatoms. The summed E-state index contributed by atoms with van der Waals surface area (Å²) in [5, 5.41) is 3.55. The van der Waals surface area contributed by atoms with Gasteiger partial charge >= 0.3 is 0 Å². The van der Waals surface area contributed by atoms with Crippen molar-refractivity contribution in [1.29, 1.82) is 0 Å². The maximum atomic E-state index is 12.9. The average molecular weight is 389 g/mol. The molecule has 0 aromatic heterocycles. The van der Waals surface area contributed by atoms with Crippen LogP contribution in [0, 0.1) is 5.92 Å². The fraction of sp³-hybridized carbons (Fsp3) is 0.647. The first-order chi connectivity index (χ1) is 11.6. The molecule has 1 unspecified atom stereocenters. The molecule has 25 heavy (non-hydrogen) atoms. The summed E-state index contributed by atoms with van der Waals surface area (Å²) in [6.45, 7) is 3.25. The predicted octanol–water partition coefficient (Wildman–Crippen LogP) is 2.03. The number of nitrogens with one attached hydrogen (secondary N) is 1. The second-order valence-electron chi connectivity index (χ2n) is 6.75. The number of nitrogens with zero attached hydrogens (tertiary/aromatic N) is 1. The van der Waals surface area contributed by atoms with E-state index >= 15 is 0 Å². The highest BCUT2D eigenvalue weighted by Gasteiger charge is 2.34. The van der Waals surface area contributed by atoms with Gasteiger partial charge in [-0.15, -0.1) is 12.4 Å². The molecule has 0 aliphatic carbocycles. The Bertz CT molecular complexity index is 699. The first kappa shape index (κ1) is 18.8. The van der Waals surface area contributed by atoms with Crippen LogP contribution in [0.15, 0.2) is 23.1 Å². The van der Waals surface area contributed by atoms with Crippen molar-refractivity contribution in [3.8, 4) is 11.5 Å². The third kappa shape index (κ3) is 3.74. The zero-order valence-electron chi connectivity index (χ0n) is 14.1. The predicted molar refractivity (Wildman–Crippen MR) is 97.2 cm³/mol. The molecule has 1 aromatic rings. The number of benzene rings is 1. The Kier molecular flexibility index (Phi) is 5.78. The summed E-state index contributed by atoms with van der Waals surface area (Å²) in [6.07, 6.45) is 4.32. The van der Waals surface area contributed by atoms with Crippen LogP contribution in [0.25, 0.3) is 0 Å². The quantitative estimate of drug-likeness (QED) is 0.858. The summed E-state index contributed by atoms with van der Waals surface area (Å²) in [5.74, 6) is 1.73. The number of piperidine rings is 1. The molecule has 140 valence electrons. The van der Waals surface area contributed by atoms with Crippen LogP contribution in [-0.4, -0.2) is 51.6 Å². The van der Waals surface area contributed by atoms with Crippen LogP contribution in [0.2, 0.25) is 0 Å². The van der Waals surface area contributed by atoms with Gasteiger partial charge in [0.15, 0.2) is 11.5 Å². The van der Waals surface area contributed by atoms with Gasteiger partial charge in [0.25, 0.3) is 0 Å². The maximum absolute atomic E-state index is 12.9. The van der Waals surface area contributed by atoms with Crippen LogP contribution in [0.3, 0.4) is 0 Å². The van der Waals surface area contributed by atoms with E-state index in [2.05, 4.69) is 5.32 Å². The van der Waals surface area contributed by atoms with E-state index in [0.717, 1.165) is 19.4 Å². The number of ether oxygens (including phenoxy) is 2. The first-order valence-corrected chi connectivity index (χ1v) is 10.2. The van der Waals surface area contributed by atoms with Gasteiger partial charge in [0.05, 0.1) is 4.90 Å². The minimum atomic E-state index is -3.47. The van der Waals surface area contributed by atoms with Crippen molar-refractivity contribution < 1.29 is 17.9 Å². The zero-order valence-corrected chi connectivity index (χ0v) is 15.8. The average Bonchev–Trinajstić information content (AvgIpc) is 3.16. The highest BCUT2D eigenvalue weighted by Crippen LogP contribution is 2.34. The smallest absolute Gasteiger partial charge is 0.243 e. The Balaban J connectivity index is 0.00000182. The topological polar surface area (TPSA) is 67.9 Å². The number of sulfonamides is 1. The van der Waals surface area contributed by atoms with Gasteiger partial charge in [-0.1, -0.05) is 0 Å². The van der Waals surface area contributed by atoms with E-state index in [9.17, 15) is 8.42 Å². The molecule has 4 rings (SSSR count). The molecular formula is C17H25ClN2O4S. The van der Waals surface area contributed by atoms with Crippen molar-refractivity contribution in [3.05, 3.63) is 18.2 Å². The minimum Gasteiger partial charge on any atom is -0.486 e. The standard InChI is InChI=1S/C17H24N2O4S.ClH/c20-24(21,14-3-4-16-17(12-14)23-11-10-22-16)19-8-5-13(6-9-19)15-2-1-7-18-15;/h3-4,12-13,15,18H,1-2,5-11H2;1H. The molecule has 1 atom stereocenters. The van der Waals surface area contributed by atoms with E-state index in [-0.39, 0.29) is 12.4 Å². The normalized spacial score (nSPS) is 24.7. The van der Waals surface area contributed by atoms with Crippen LogP contribution in [0.4, 0.5) is 0 Å². The molecule has 1 aromatic carbocycles. The lowest BCUT2D eigenvalue weighted by Crippen LogP contribution is -2.43. The van der Waals surface area contributed by atoms with Crippen molar-refractivity contribution in [2.24, 2.45) is 5.92 Å². The third-order valence-corrected chi connectivity index (χ3v) is 7.21. The summed E-state index contributed by atoms with van der Waals surface area (Å²) in [4.78, 5) is 0.296. The van der Waals surface area contributed by atoms with Crippen molar-refractivity contribution >= 4 is 22.4 Å². The van der Waals surface area contributed by atoms with E-state index in [4.69, 9.17) is 9.47 Å². The lowest BCUT2D eigenvalue weighted by Gasteiger charge is -2.34. The Morgan fingerprint density at radius 2 is 1.76 bits per heavy atom. The first-order valence-electron chi connectivity index (χ1n) is 8.78. The zero-order chi connectivity index (χ0) is 16.6. The van der Waals surface area contributed by atoms with Gasteiger partial charge < -0.3 is 14.8 Å². The number of halogens is 1. The molecule has 2 fully saturated rings. The van der Waals surface area contributed by atoms with Gasteiger partial charge in [-0.05, 0) is 50.3 Å². The Hall–Kier alpha value is -1.02. The molecule has 2 saturated heterocycles. The van der Waals surface area contributed by atoms with Gasteiger partial charge in [0.1, 0.15) is 13.2 Å². The molecular weight excluding hydrogens is 364 g/mol. The second-order valence-corrected chi connectivity index (χ2v) is 8.69. The molecule has 3 heterocycles. The highest BCUT2D eigenvalue weighted by atomic mass is 35.5. The third-order valence-electron chi connectivity index (χ3n) is 5.32. The van der Waals surface area contributed by atoms with Crippen molar-refractivity contribution in [1.82, 2.24) is 9.62 Å². The monoisotopic (exact) mass is 388 g/mol. The summed E-state index contributed by atoms with van der Waals surface area (Å²) in [7, 11) is -3.47. The number of rotatable bonds is 3. The van der Waals surface area contributed by atoms with Crippen LogP contribution in [-0.2, 0) is 10.0 Å². The summed E-state index contributed by atoms with van der Waals surface area (Å²) < 4.78 is 38.4. The Labute approximate surface area is 155 Å². The number of fused-ring (bicyclic) bond motifs is 1. The van der Waals surface area contributed by atoms with Gasteiger partial charge in [-0.25, -0.2) is 8.42 Å². The molecule has 0 bridgehead atoms. The van der Waals surface area contributed by atoms with Crippen LogP contribution < -0.4 is 14.8 Å². The van der Waals surface area contributed by atoms with Gasteiger partial charge in [-0.3, -0.25) is 0 Å². The highest BCUT2D eigenvalue weighted by molar-refractivity contribution is 7.89. The number of hydrogen-bond donors (Lipinski definition) is 1. The number of hydrogen-bond acceptors (Lipinski definition) is 5. The summed E-state index contributed by atoms with van der Waals surface area (Å²) >= 11 is 0. The van der Waals surface area contributed by atoms with Gasteiger partial charge in [0.2, 0.25) is 10.0 Å².